The highest BCUT2D eigenvalue weighted by molar-refractivity contribution is 9.09. The van der Waals surface area contributed by atoms with Crippen LogP contribution in [0.5, 0.6) is 0 Å². The lowest BCUT2D eigenvalue weighted by molar-refractivity contribution is 0.373. The van der Waals surface area contributed by atoms with Gasteiger partial charge in [0.15, 0.2) is 0 Å². The molecule has 0 heterocycles. The van der Waals surface area contributed by atoms with E-state index >= 15 is 0 Å². The van der Waals surface area contributed by atoms with Gasteiger partial charge >= 0.3 is 0 Å². The summed E-state index contributed by atoms with van der Waals surface area (Å²) in [7, 11) is 0. The summed E-state index contributed by atoms with van der Waals surface area (Å²) >= 11 is 12.7. The van der Waals surface area contributed by atoms with Crippen LogP contribution in [0.25, 0.3) is 0 Å². The van der Waals surface area contributed by atoms with Gasteiger partial charge in [-0.15, -0.1) is 0 Å². The minimum Gasteiger partial charge on any atom is -0.205 e. The summed E-state index contributed by atoms with van der Waals surface area (Å²) < 4.78 is 13.3. The first-order chi connectivity index (χ1) is 7.56. The molecule has 0 unspecified atom stereocenters. The van der Waals surface area contributed by atoms with Crippen molar-refractivity contribution in [2.45, 2.75) is 19.8 Å². The second-order valence-corrected chi connectivity index (χ2v) is 5.57. The summed E-state index contributed by atoms with van der Waals surface area (Å²) in [6.45, 7) is 2.15. The maximum atomic E-state index is 13.3. The Morgan fingerprint density at radius 3 is 2.38 bits per heavy atom. The van der Waals surface area contributed by atoms with Crippen molar-refractivity contribution in [3.63, 3.8) is 0 Å². The molecule has 90 valence electrons. The van der Waals surface area contributed by atoms with Gasteiger partial charge in [-0.25, -0.2) is 4.39 Å². The van der Waals surface area contributed by atoms with E-state index in [-0.39, 0.29) is 16.3 Å². The fourth-order valence-electron chi connectivity index (χ4n) is 1.53. The molecule has 0 N–H and O–H groups in total. The first-order valence-corrected chi connectivity index (χ1v) is 7.75. The van der Waals surface area contributed by atoms with Crippen molar-refractivity contribution in [1.82, 2.24) is 0 Å². The number of alkyl halides is 2. The highest BCUT2D eigenvalue weighted by Gasteiger charge is 2.26. The van der Waals surface area contributed by atoms with Crippen molar-refractivity contribution in [2.75, 3.05) is 10.7 Å². The SMILES string of the molecule is CCC(CBr)(CBr)Cc1ccc(Cl)c(F)c1. The third-order valence-electron chi connectivity index (χ3n) is 2.88. The van der Waals surface area contributed by atoms with Gasteiger partial charge in [0.25, 0.3) is 0 Å². The highest BCUT2D eigenvalue weighted by Crippen LogP contribution is 2.32. The maximum Gasteiger partial charge on any atom is 0.142 e. The third kappa shape index (κ3) is 3.44. The maximum absolute atomic E-state index is 13.3. The zero-order valence-corrected chi connectivity index (χ0v) is 13.0. The van der Waals surface area contributed by atoms with Crippen LogP contribution >= 0.6 is 43.5 Å². The molecule has 1 rings (SSSR count). The van der Waals surface area contributed by atoms with E-state index in [4.69, 9.17) is 11.6 Å². The molecule has 1 aromatic carbocycles. The van der Waals surface area contributed by atoms with E-state index in [1.807, 2.05) is 6.07 Å². The van der Waals surface area contributed by atoms with Crippen LogP contribution in [0.15, 0.2) is 18.2 Å². The smallest absolute Gasteiger partial charge is 0.142 e. The summed E-state index contributed by atoms with van der Waals surface area (Å²) in [6, 6.07) is 5.04. The number of hydrogen-bond acceptors (Lipinski definition) is 0. The molecule has 16 heavy (non-hydrogen) atoms. The molecule has 0 bridgehead atoms. The molecule has 0 aliphatic heterocycles. The van der Waals surface area contributed by atoms with E-state index < -0.39 is 0 Å². The van der Waals surface area contributed by atoms with Crippen molar-refractivity contribution < 1.29 is 4.39 Å². The molecule has 0 saturated carbocycles. The first-order valence-electron chi connectivity index (χ1n) is 5.13. The summed E-state index contributed by atoms with van der Waals surface area (Å²) in [5.74, 6) is -0.340. The van der Waals surface area contributed by atoms with E-state index in [1.54, 1.807) is 6.07 Å². The van der Waals surface area contributed by atoms with Crippen LogP contribution in [0.3, 0.4) is 0 Å². The molecule has 0 atom stereocenters. The Hall–Kier alpha value is 0.400. The summed E-state index contributed by atoms with van der Waals surface area (Å²) in [4.78, 5) is 0. The topological polar surface area (TPSA) is 0 Å². The first kappa shape index (κ1) is 14.5. The molecule has 0 fully saturated rings. The molecule has 0 spiro atoms. The summed E-state index contributed by atoms with van der Waals surface area (Å²) in [5, 5.41) is 1.97. The minimum atomic E-state index is -0.340. The van der Waals surface area contributed by atoms with E-state index in [0.717, 1.165) is 29.1 Å². The van der Waals surface area contributed by atoms with E-state index in [1.165, 1.54) is 6.07 Å². The van der Waals surface area contributed by atoms with Gasteiger partial charge in [-0.2, -0.15) is 0 Å². The van der Waals surface area contributed by atoms with Crippen LogP contribution in [-0.4, -0.2) is 10.7 Å². The Labute approximate surface area is 118 Å². The molecule has 0 amide bonds. The number of rotatable bonds is 5. The number of hydrogen-bond donors (Lipinski definition) is 0. The molecule has 1 aromatic rings. The van der Waals surface area contributed by atoms with E-state index in [9.17, 15) is 4.39 Å². The fourth-order valence-corrected chi connectivity index (χ4v) is 3.76. The van der Waals surface area contributed by atoms with Gasteiger partial charge < -0.3 is 0 Å². The molecule has 0 nitrogen and oxygen atoms in total. The Bertz CT molecular complexity index is 343. The molecule has 0 aromatic heterocycles. The summed E-state index contributed by atoms with van der Waals surface area (Å²) in [5.41, 5.74) is 1.13. The molecule has 0 radical (unpaired) electrons. The van der Waals surface area contributed by atoms with Crippen LogP contribution in [0.2, 0.25) is 5.02 Å². The van der Waals surface area contributed by atoms with Gasteiger partial charge in [0.2, 0.25) is 0 Å². The van der Waals surface area contributed by atoms with Crippen molar-refractivity contribution in [1.29, 1.82) is 0 Å². The Balaban J connectivity index is 2.89. The van der Waals surface area contributed by atoms with Crippen LogP contribution < -0.4 is 0 Å². The van der Waals surface area contributed by atoms with Crippen molar-refractivity contribution in [3.05, 3.63) is 34.6 Å². The third-order valence-corrected chi connectivity index (χ3v) is 5.57. The van der Waals surface area contributed by atoms with Gasteiger partial charge in [0, 0.05) is 10.7 Å². The lowest BCUT2D eigenvalue weighted by Gasteiger charge is -2.28. The Morgan fingerprint density at radius 1 is 1.31 bits per heavy atom. The normalized spacial score (nSPS) is 11.8. The Morgan fingerprint density at radius 2 is 1.94 bits per heavy atom. The van der Waals surface area contributed by atoms with Crippen LogP contribution in [0.4, 0.5) is 4.39 Å². The molecule has 0 aliphatic carbocycles. The minimum absolute atomic E-state index is 0.139. The van der Waals surface area contributed by atoms with Gasteiger partial charge in [-0.05, 0) is 36.0 Å². The lowest BCUT2D eigenvalue weighted by atomic mass is 9.83. The van der Waals surface area contributed by atoms with Crippen molar-refractivity contribution >= 4 is 43.5 Å². The fraction of sp³-hybridized carbons (Fsp3) is 0.500. The van der Waals surface area contributed by atoms with E-state index in [0.29, 0.717) is 0 Å². The largest absolute Gasteiger partial charge is 0.205 e. The van der Waals surface area contributed by atoms with Gasteiger partial charge in [0.05, 0.1) is 5.02 Å². The van der Waals surface area contributed by atoms with Crippen molar-refractivity contribution in [2.24, 2.45) is 5.41 Å². The highest BCUT2D eigenvalue weighted by atomic mass is 79.9. The second kappa shape index (κ2) is 6.36. The average molecular weight is 373 g/mol. The number of benzene rings is 1. The van der Waals surface area contributed by atoms with Gasteiger partial charge in [-0.1, -0.05) is 56.5 Å². The molecular weight excluding hydrogens is 358 g/mol. The molecule has 0 aliphatic rings. The zero-order valence-electron chi connectivity index (χ0n) is 9.07. The number of halogens is 4. The van der Waals surface area contributed by atoms with Gasteiger partial charge in [-0.3, -0.25) is 0 Å². The predicted molar refractivity (Wildman–Crippen MR) is 75.4 cm³/mol. The second-order valence-electron chi connectivity index (χ2n) is 4.05. The zero-order chi connectivity index (χ0) is 12.2. The standard InChI is InChI=1S/C12H14Br2ClF/c1-2-12(7-13,8-14)6-9-3-4-10(15)11(16)5-9/h3-5H,2,6-8H2,1H3. The van der Waals surface area contributed by atoms with E-state index in [2.05, 4.69) is 38.8 Å². The van der Waals surface area contributed by atoms with Crippen molar-refractivity contribution in [3.8, 4) is 0 Å². The van der Waals surface area contributed by atoms with Crippen LogP contribution in [-0.2, 0) is 6.42 Å². The molecular formula is C12H14Br2ClF. The van der Waals surface area contributed by atoms with Gasteiger partial charge in [0.1, 0.15) is 5.82 Å². The summed E-state index contributed by atoms with van der Waals surface area (Å²) in [6.07, 6.45) is 1.88. The molecule has 0 saturated heterocycles. The van der Waals surface area contributed by atoms with Crippen LogP contribution in [0.1, 0.15) is 18.9 Å². The predicted octanol–water partition coefficient (Wildman–Crippen LogP) is 5.21. The quantitative estimate of drug-likeness (QED) is 0.623. The van der Waals surface area contributed by atoms with Crippen LogP contribution in [0, 0.1) is 11.2 Å². The Kier molecular flexibility index (Phi) is 5.75. The average Bonchev–Trinajstić information content (AvgIpc) is 2.31. The monoisotopic (exact) mass is 370 g/mol. The lowest BCUT2D eigenvalue weighted by Crippen LogP contribution is -2.26. The molecule has 4 heteroatoms.